The van der Waals surface area contributed by atoms with Gasteiger partial charge in [0.15, 0.2) is 0 Å². The summed E-state index contributed by atoms with van der Waals surface area (Å²) in [5.41, 5.74) is 11.0. The highest BCUT2D eigenvalue weighted by Gasteiger charge is 2.35. The lowest BCUT2D eigenvalue weighted by Crippen LogP contribution is -2.54. The number of hydrogen-bond donors (Lipinski definition) is 3. The number of amides is 2. The number of carbonyl (C=O) groups is 2. The molecule has 2 amide bonds. The number of benzene rings is 1. The Balaban J connectivity index is 2.12. The summed E-state index contributed by atoms with van der Waals surface area (Å²) < 4.78 is 5.19. The lowest BCUT2D eigenvalue weighted by atomic mass is 9.90. The van der Waals surface area contributed by atoms with Gasteiger partial charge in [-0.3, -0.25) is 9.59 Å². The van der Waals surface area contributed by atoms with Gasteiger partial charge in [0.1, 0.15) is 5.54 Å². The van der Waals surface area contributed by atoms with Gasteiger partial charge in [0.2, 0.25) is 11.8 Å². The number of halogens is 1. The maximum absolute atomic E-state index is 12.2. The van der Waals surface area contributed by atoms with E-state index in [1.54, 1.807) is 6.07 Å². The Morgan fingerprint density at radius 2 is 1.95 bits per heavy atom. The molecule has 108 valence electrons. The van der Waals surface area contributed by atoms with Crippen molar-refractivity contribution < 1.29 is 14.3 Å². The quantitative estimate of drug-likeness (QED) is 0.770. The summed E-state index contributed by atoms with van der Waals surface area (Å²) >= 11 is 5.92. The molecule has 0 aromatic heterocycles. The number of anilines is 1. The molecular formula is C13H16ClN3O3. The zero-order chi connectivity index (χ0) is 14.8. The molecule has 1 aliphatic rings. The van der Waals surface area contributed by atoms with E-state index in [1.807, 2.05) is 0 Å². The first kappa shape index (κ1) is 14.8. The maximum Gasteiger partial charge on any atom is 0.250 e. The van der Waals surface area contributed by atoms with Crippen molar-refractivity contribution in [2.24, 2.45) is 11.5 Å². The van der Waals surface area contributed by atoms with E-state index in [9.17, 15) is 9.59 Å². The molecule has 1 fully saturated rings. The summed E-state index contributed by atoms with van der Waals surface area (Å²) in [5.74, 6) is -0.906. The van der Waals surface area contributed by atoms with Crippen molar-refractivity contribution in [3.8, 4) is 0 Å². The fourth-order valence-corrected chi connectivity index (χ4v) is 2.28. The monoisotopic (exact) mass is 297 g/mol. The highest BCUT2D eigenvalue weighted by molar-refractivity contribution is 6.34. The van der Waals surface area contributed by atoms with Crippen LogP contribution in [-0.4, -0.2) is 30.6 Å². The maximum atomic E-state index is 12.2. The van der Waals surface area contributed by atoms with Gasteiger partial charge in [0.25, 0.3) is 0 Å². The van der Waals surface area contributed by atoms with Crippen molar-refractivity contribution >= 4 is 29.1 Å². The van der Waals surface area contributed by atoms with Crippen LogP contribution in [0.4, 0.5) is 5.69 Å². The Bertz CT molecular complexity index is 542. The van der Waals surface area contributed by atoms with Crippen LogP contribution in [-0.2, 0) is 9.53 Å². The minimum absolute atomic E-state index is 0.188. The second kappa shape index (κ2) is 5.78. The van der Waals surface area contributed by atoms with Crippen LogP contribution in [0.1, 0.15) is 23.2 Å². The predicted octanol–water partition coefficient (Wildman–Crippen LogP) is 0.885. The Morgan fingerprint density at radius 1 is 1.30 bits per heavy atom. The minimum Gasteiger partial charge on any atom is -0.381 e. The Morgan fingerprint density at radius 3 is 2.50 bits per heavy atom. The molecule has 0 saturated carbocycles. The van der Waals surface area contributed by atoms with Crippen molar-refractivity contribution in [2.45, 2.75) is 18.4 Å². The summed E-state index contributed by atoms with van der Waals surface area (Å²) in [5, 5.41) is 2.89. The average Bonchev–Trinajstić information content (AvgIpc) is 2.39. The van der Waals surface area contributed by atoms with Gasteiger partial charge in [-0.15, -0.1) is 0 Å². The van der Waals surface area contributed by atoms with Gasteiger partial charge < -0.3 is 21.5 Å². The molecule has 1 heterocycles. The van der Waals surface area contributed by atoms with Crippen LogP contribution < -0.4 is 16.8 Å². The molecule has 1 aromatic carbocycles. The molecule has 5 N–H and O–H groups in total. The number of nitrogens with one attached hydrogen (secondary N) is 1. The van der Waals surface area contributed by atoms with Gasteiger partial charge in [-0.1, -0.05) is 11.6 Å². The first-order chi connectivity index (χ1) is 9.42. The van der Waals surface area contributed by atoms with Crippen molar-refractivity contribution in [2.75, 3.05) is 18.5 Å². The Labute approximate surface area is 121 Å². The second-order valence-electron chi connectivity index (χ2n) is 4.78. The SMILES string of the molecule is NC(=O)c1ccc(NC(=O)C2(N)CCOCC2)cc1Cl. The van der Waals surface area contributed by atoms with E-state index in [1.165, 1.54) is 12.1 Å². The minimum atomic E-state index is -0.937. The third kappa shape index (κ3) is 3.09. The molecule has 2 rings (SSSR count). The molecule has 0 atom stereocenters. The van der Waals surface area contributed by atoms with Crippen LogP contribution in [0.3, 0.4) is 0 Å². The van der Waals surface area contributed by atoms with Crippen LogP contribution >= 0.6 is 11.6 Å². The van der Waals surface area contributed by atoms with Gasteiger partial charge in [0, 0.05) is 18.9 Å². The van der Waals surface area contributed by atoms with Gasteiger partial charge in [-0.25, -0.2) is 0 Å². The standard InChI is InChI=1S/C13H16ClN3O3/c14-10-7-8(1-2-9(10)11(15)18)17-12(19)13(16)3-5-20-6-4-13/h1-2,7H,3-6,16H2,(H2,15,18)(H,17,19). The topological polar surface area (TPSA) is 107 Å². The van der Waals surface area contributed by atoms with E-state index in [-0.39, 0.29) is 16.5 Å². The highest BCUT2D eigenvalue weighted by atomic mass is 35.5. The summed E-state index contributed by atoms with van der Waals surface area (Å²) in [6.45, 7) is 0.927. The molecule has 1 aromatic rings. The van der Waals surface area contributed by atoms with E-state index < -0.39 is 11.4 Å². The van der Waals surface area contributed by atoms with Gasteiger partial charge in [-0.05, 0) is 31.0 Å². The molecular weight excluding hydrogens is 282 g/mol. The number of ether oxygens (including phenoxy) is 1. The summed E-state index contributed by atoms with van der Waals surface area (Å²) in [7, 11) is 0. The zero-order valence-electron chi connectivity index (χ0n) is 10.8. The molecule has 20 heavy (non-hydrogen) atoms. The largest absolute Gasteiger partial charge is 0.381 e. The van der Waals surface area contributed by atoms with Crippen molar-refractivity contribution in [3.05, 3.63) is 28.8 Å². The fourth-order valence-electron chi connectivity index (χ4n) is 2.01. The van der Waals surface area contributed by atoms with E-state index >= 15 is 0 Å². The molecule has 7 heteroatoms. The van der Waals surface area contributed by atoms with Crippen LogP contribution in [0.5, 0.6) is 0 Å². The lowest BCUT2D eigenvalue weighted by Gasteiger charge is -2.31. The molecule has 1 aliphatic heterocycles. The zero-order valence-corrected chi connectivity index (χ0v) is 11.6. The fraction of sp³-hybridized carbons (Fsp3) is 0.385. The normalized spacial score (nSPS) is 17.5. The molecule has 1 saturated heterocycles. The van der Waals surface area contributed by atoms with E-state index in [0.29, 0.717) is 31.7 Å². The van der Waals surface area contributed by atoms with Crippen molar-refractivity contribution in [3.63, 3.8) is 0 Å². The number of carbonyl (C=O) groups excluding carboxylic acids is 2. The molecule has 0 unspecified atom stereocenters. The molecule has 0 radical (unpaired) electrons. The first-order valence-corrected chi connectivity index (χ1v) is 6.58. The molecule has 0 bridgehead atoms. The number of primary amides is 1. The molecule has 0 spiro atoms. The molecule has 6 nitrogen and oxygen atoms in total. The second-order valence-corrected chi connectivity index (χ2v) is 5.19. The van der Waals surface area contributed by atoms with E-state index in [2.05, 4.69) is 5.32 Å². The Hall–Kier alpha value is -1.63. The van der Waals surface area contributed by atoms with Crippen LogP contribution in [0, 0.1) is 0 Å². The van der Waals surface area contributed by atoms with E-state index in [0.717, 1.165) is 0 Å². The van der Waals surface area contributed by atoms with Gasteiger partial charge in [-0.2, -0.15) is 0 Å². The van der Waals surface area contributed by atoms with Gasteiger partial charge >= 0.3 is 0 Å². The predicted molar refractivity (Wildman–Crippen MR) is 75.6 cm³/mol. The number of hydrogen-bond acceptors (Lipinski definition) is 4. The van der Waals surface area contributed by atoms with Crippen molar-refractivity contribution in [1.82, 2.24) is 0 Å². The van der Waals surface area contributed by atoms with Crippen molar-refractivity contribution in [1.29, 1.82) is 0 Å². The number of nitrogens with two attached hydrogens (primary N) is 2. The third-order valence-electron chi connectivity index (χ3n) is 3.33. The highest BCUT2D eigenvalue weighted by Crippen LogP contribution is 2.23. The average molecular weight is 298 g/mol. The first-order valence-electron chi connectivity index (χ1n) is 6.20. The third-order valence-corrected chi connectivity index (χ3v) is 3.64. The Kier molecular flexibility index (Phi) is 4.27. The van der Waals surface area contributed by atoms with Crippen LogP contribution in [0.15, 0.2) is 18.2 Å². The van der Waals surface area contributed by atoms with Crippen LogP contribution in [0.25, 0.3) is 0 Å². The van der Waals surface area contributed by atoms with E-state index in [4.69, 9.17) is 27.8 Å². The number of rotatable bonds is 3. The van der Waals surface area contributed by atoms with Crippen LogP contribution in [0.2, 0.25) is 5.02 Å². The summed E-state index contributed by atoms with van der Waals surface area (Å²) in [6, 6.07) is 4.50. The lowest BCUT2D eigenvalue weighted by molar-refractivity contribution is -0.124. The summed E-state index contributed by atoms with van der Waals surface area (Å²) in [6.07, 6.45) is 0.928. The molecule has 0 aliphatic carbocycles. The van der Waals surface area contributed by atoms with Gasteiger partial charge in [0.05, 0.1) is 10.6 Å². The summed E-state index contributed by atoms with van der Waals surface area (Å²) in [4.78, 5) is 23.3. The smallest absolute Gasteiger partial charge is 0.250 e.